The van der Waals surface area contributed by atoms with E-state index in [0.29, 0.717) is 0 Å². The van der Waals surface area contributed by atoms with Crippen LogP contribution in [0.1, 0.15) is 0 Å². The van der Waals surface area contributed by atoms with E-state index >= 15 is 0 Å². The largest absolute Gasteiger partial charge is 0.302 e. The Kier molecular flexibility index (Phi) is 2.28. The van der Waals surface area contributed by atoms with Crippen LogP contribution in [0.5, 0.6) is 0 Å². The third-order valence-corrected chi connectivity index (χ3v) is 1.79. The number of hydrogen-bond donors (Lipinski definition) is 1. The number of hydrogen-bond acceptors (Lipinski definition) is 4. The summed E-state index contributed by atoms with van der Waals surface area (Å²) in [6, 6.07) is 7.80. The topological polar surface area (TPSA) is 41.0 Å². The van der Waals surface area contributed by atoms with E-state index < -0.39 is 0 Å². The van der Waals surface area contributed by atoms with Crippen molar-refractivity contribution in [3.8, 4) is 0 Å². The van der Waals surface area contributed by atoms with E-state index in [1.807, 2.05) is 43.4 Å². The molecule has 0 fully saturated rings. The molecule has 14 heavy (non-hydrogen) atoms. The van der Waals surface area contributed by atoms with Crippen LogP contribution in [0.2, 0.25) is 0 Å². The van der Waals surface area contributed by atoms with Crippen molar-refractivity contribution in [3.63, 3.8) is 0 Å². The van der Waals surface area contributed by atoms with Crippen LogP contribution in [0, 0.1) is 0 Å². The lowest BCUT2D eigenvalue weighted by Gasteiger charge is -2.12. The minimum Gasteiger partial charge on any atom is -0.302 e. The Morgan fingerprint density at radius 2 is 1.86 bits per heavy atom. The van der Waals surface area contributed by atoms with Gasteiger partial charge in [-0.25, -0.2) is 9.99 Å². The van der Waals surface area contributed by atoms with Crippen LogP contribution < -0.4 is 5.43 Å². The quantitative estimate of drug-likeness (QED) is 0.725. The van der Waals surface area contributed by atoms with Gasteiger partial charge in [-0.2, -0.15) is 0 Å². The fourth-order valence-electron chi connectivity index (χ4n) is 1.24. The number of aromatic nitrogens is 2. The average Bonchev–Trinajstić information content (AvgIpc) is 2.17. The summed E-state index contributed by atoms with van der Waals surface area (Å²) in [6.45, 7) is 0. The lowest BCUT2D eigenvalue weighted by molar-refractivity contribution is 0.492. The van der Waals surface area contributed by atoms with Crippen LogP contribution in [-0.2, 0) is 0 Å². The number of anilines is 1. The van der Waals surface area contributed by atoms with E-state index in [9.17, 15) is 0 Å². The zero-order chi connectivity index (χ0) is 9.97. The number of fused-ring (bicyclic) bond motifs is 1. The van der Waals surface area contributed by atoms with E-state index in [-0.39, 0.29) is 0 Å². The molecule has 2 rings (SSSR count). The van der Waals surface area contributed by atoms with E-state index in [1.165, 1.54) is 0 Å². The summed E-state index contributed by atoms with van der Waals surface area (Å²) in [5.41, 5.74) is 4.87. The van der Waals surface area contributed by atoms with Gasteiger partial charge in [-0.05, 0) is 12.1 Å². The molecule has 0 aliphatic carbocycles. The normalized spacial score (nSPS) is 10.8. The first-order valence-electron chi connectivity index (χ1n) is 4.41. The van der Waals surface area contributed by atoms with Gasteiger partial charge < -0.3 is 5.43 Å². The van der Waals surface area contributed by atoms with Crippen LogP contribution in [0.4, 0.5) is 5.82 Å². The maximum absolute atomic E-state index is 4.40. The lowest BCUT2D eigenvalue weighted by Crippen LogP contribution is -2.20. The van der Waals surface area contributed by atoms with Gasteiger partial charge >= 0.3 is 0 Å². The Morgan fingerprint density at radius 3 is 2.57 bits per heavy atom. The molecule has 0 spiro atoms. The third-order valence-electron chi connectivity index (χ3n) is 1.79. The number of para-hydroxylation sites is 2. The van der Waals surface area contributed by atoms with Crippen molar-refractivity contribution >= 4 is 16.9 Å². The third kappa shape index (κ3) is 1.80. The number of nitrogens with zero attached hydrogens (tertiary/aromatic N) is 3. The summed E-state index contributed by atoms with van der Waals surface area (Å²) in [5, 5.41) is 1.83. The van der Waals surface area contributed by atoms with Gasteiger partial charge in [0.05, 0.1) is 17.2 Å². The predicted octanol–water partition coefficient (Wildman–Crippen LogP) is 1.52. The maximum Gasteiger partial charge on any atom is 0.159 e. The summed E-state index contributed by atoms with van der Waals surface area (Å²) >= 11 is 0. The van der Waals surface area contributed by atoms with Crippen molar-refractivity contribution in [2.45, 2.75) is 0 Å². The highest BCUT2D eigenvalue weighted by molar-refractivity contribution is 5.75. The van der Waals surface area contributed by atoms with Crippen LogP contribution >= 0.6 is 0 Å². The maximum atomic E-state index is 4.40. The van der Waals surface area contributed by atoms with E-state index in [2.05, 4.69) is 15.4 Å². The molecular weight excluding hydrogens is 176 g/mol. The Morgan fingerprint density at radius 1 is 1.14 bits per heavy atom. The Balaban J connectivity index is 2.41. The molecule has 4 nitrogen and oxygen atoms in total. The monoisotopic (exact) mass is 188 g/mol. The number of nitrogens with one attached hydrogen (secondary N) is 1. The molecule has 0 aliphatic rings. The SMILES string of the molecule is CN(C)Nc1cnc2ccccc2n1. The second-order valence-electron chi connectivity index (χ2n) is 3.25. The molecule has 0 saturated heterocycles. The fourth-order valence-corrected chi connectivity index (χ4v) is 1.24. The van der Waals surface area contributed by atoms with Gasteiger partial charge in [-0.15, -0.1) is 0 Å². The summed E-state index contributed by atoms with van der Waals surface area (Å²) in [4.78, 5) is 8.68. The number of hydrazine groups is 1. The van der Waals surface area contributed by atoms with Crippen molar-refractivity contribution in [1.29, 1.82) is 0 Å². The van der Waals surface area contributed by atoms with Crippen molar-refractivity contribution in [2.24, 2.45) is 0 Å². The zero-order valence-corrected chi connectivity index (χ0v) is 8.23. The van der Waals surface area contributed by atoms with Crippen molar-refractivity contribution in [1.82, 2.24) is 15.0 Å². The Hall–Kier alpha value is -1.68. The number of rotatable bonds is 2. The molecule has 0 aliphatic heterocycles. The lowest BCUT2D eigenvalue weighted by atomic mass is 10.3. The molecule has 72 valence electrons. The van der Waals surface area contributed by atoms with Crippen molar-refractivity contribution in [3.05, 3.63) is 30.5 Å². The Bertz CT molecular complexity index is 439. The highest BCUT2D eigenvalue weighted by atomic mass is 15.5. The molecule has 1 aromatic heterocycles. The molecule has 2 aromatic rings. The minimum atomic E-state index is 0.758. The van der Waals surface area contributed by atoms with Crippen LogP contribution in [0.15, 0.2) is 30.5 Å². The van der Waals surface area contributed by atoms with Gasteiger partial charge in [0, 0.05) is 14.1 Å². The average molecular weight is 188 g/mol. The van der Waals surface area contributed by atoms with Crippen LogP contribution in [0.25, 0.3) is 11.0 Å². The zero-order valence-electron chi connectivity index (χ0n) is 8.23. The van der Waals surface area contributed by atoms with Crippen LogP contribution in [-0.4, -0.2) is 29.1 Å². The molecule has 0 amide bonds. The smallest absolute Gasteiger partial charge is 0.159 e. The summed E-state index contributed by atoms with van der Waals surface area (Å²) in [5.74, 6) is 0.758. The second-order valence-corrected chi connectivity index (χ2v) is 3.25. The molecule has 0 unspecified atom stereocenters. The van der Waals surface area contributed by atoms with Crippen molar-refractivity contribution in [2.75, 3.05) is 19.5 Å². The summed E-state index contributed by atoms with van der Waals surface area (Å²) in [7, 11) is 3.83. The molecular formula is C10H12N4. The van der Waals surface area contributed by atoms with Gasteiger partial charge in [0.15, 0.2) is 5.82 Å². The molecule has 1 heterocycles. The molecule has 0 atom stereocenters. The molecule has 1 aromatic carbocycles. The first-order chi connectivity index (χ1) is 6.75. The molecule has 4 heteroatoms. The van der Waals surface area contributed by atoms with Crippen molar-refractivity contribution < 1.29 is 0 Å². The molecule has 0 radical (unpaired) electrons. The van der Waals surface area contributed by atoms with E-state index in [1.54, 1.807) is 6.20 Å². The highest BCUT2D eigenvalue weighted by Crippen LogP contribution is 2.10. The highest BCUT2D eigenvalue weighted by Gasteiger charge is 1.98. The van der Waals surface area contributed by atoms with Gasteiger partial charge in [0.1, 0.15) is 0 Å². The van der Waals surface area contributed by atoms with Gasteiger partial charge in [-0.1, -0.05) is 12.1 Å². The van der Waals surface area contributed by atoms with Crippen LogP contribution in [0.3, 0.4) is 0 Å². The summed E-state index contributed by atoms with van der Waals surface area (Å²) < 4.78 is 0. The van der Waals surface area contributed by atoms with E-state index in [0.717, 1.165) is 16.9 Å². The van der Waals surface area contributed by atoms with Gasteiger partial charge in [0.2, 0.25) is 0 Å². The predicted molar refractivity (Wildman–Crippen MR) is 56.8 cm³/mol. The Labute approximate surface area is 82.6 Å². The standard InChI is InChI=1S/C10H12N4/c1-14(2)13-10-7-11-8-5-3-4-6-9(8)12-10/h3-7H,1-2H3,(H,12,13). The first-order valence-corrected chi connectivity index (χ1v) is 4.41. The van der Waals surface area contributed by atoms with E-state index in [4.69, 9.17) is 0 Å². The fraction of sp³-hybridized carbons (Fsp3) is 0.200. The van der Waals surface area contributed by atoms with Gasteiger partial charge in [-0.3, -0.25) is 4.98 Å². The molecule has 1 N–H and O–H groups in total. The van der Waals surface area contributed by atoms with Gasteiger partial charge in [0.25, 0.3) is 0 Å². The molecule has 0 saturated carbocycles. The first kappa shape index (κ1) is 8.90. The second kappa shape index (κ2) is 3.59. The summed E-state index contributed by atoms with van der Waals surface area (Å²) in [6.07, 6.45) is 1.72. The minimum absolute atomic E-state index is 0.758. The molecule has 0 bridgehead atoms. The number of benzene rings is 1.